The van der Waals surface area contributed by atoms with E-state index in [4.69, 9.17) is 0 Å². The highest BCUT2D eigenvalue weighted by molar-refractivity contribution is 14.1. The number of nitrogens with zero attached hydrogens (tertiary/aromatic N) is 2. The van der Waals surface area contributed by atoms with Crippen LogP contribution in [-0.4, -0.2) is 41.4 Å². The van der Waals surface area contributed by atoms with Gasteiger partial charge in [0.1, 0.15) is 0 Å². The summed E-state index contributed by atoms with van der Waals surface area (Å²) in [5.74, 6) is -0.255. The lowest BCUT2D eigenvalue weighted by Gasteiger charge is -2.21. The number of nitro groups is 1. The molecule has 1 N–H and O–H groups in total. The van der Waals surface area contributed by atoms with Crippen molar-refractivity contribution in [1.82, 2.24) is 10.2 Å². The molecule has 1 aliphatic heterocycles. The average molecular weight is 403 g/mol. The maximum atomic E-state index is 12.3. The number of rotatable bonds is 5. The van der Waals surface area contributed by atoms with Crippen LogP contribution < -0.4 is 5.32 Å². The van der Waals surface area contributed by atoms with Crippen molar-refractivity contribution in [1.29, 1.82) is 0 Å². The molecule has 2 rings (SSSR count). The third kappa shape index (κ3) is 4.37. The minimum atomic E-state index is -0.486. The third-order valence-corrected chi connectivity index (χ3v) is 4.45. The quantitative estimate of drug-likeness (QED) is 0.466. The second-order valence-electron chi connectivity index (χ2n) is 5.30. The molecule has 0 aromatic heterocycles. The van der Waals surface area contributed by atoms with Crippen LogP contribution in [0, 0.1) is 13.7 Å². The molecule has 1 fully saturated rings. The smallest absolute Gasteiger partial charge is 0.270 e. The van der Waals surface area contributed by atoms with Gasteiger partial charge >= 0.3 is 0 Å². The van der Waals surface area contributed by atoms with Gasteiger partial charge in [0.2, 0.25) is 0 Å². The molecule has 0 radical (unpaired) electrons. The van der Waals surface area contributed by atoms with Gasteiger partial charge in [0.25, 0.3) is 11.6 Å². The standard InChI is InChI=1S/C14H18IN3O3/c1-10(9-17-6-2-3-7-17)16-14(19)12-8-11(18(20)21)4-5-13(12)15/h4-5,8,10H,2-3,6-7,9H2,1H3,(H,16,19). The van der Waals surface area contributed by atoms with E-state index >= 15 is 0 Å². The lowest BCUT2D eigenvalue weighted by atomic mass is 10.1. The van der Waals surface area contributed by atoms with Gasteiger partial charge in [-0.15, -0.1) is 0 Å². The fourth-order valence-electron chi connectivity index (χ4n) is 2.50. The largest absolute Gasteiger partial charge is 0.348 e. The lowest BCUT2D eigenvalue weighted by molar-refractivity contribution is -0.384. The summed E-state index contributed by atoms with van der Waals surface area (Å²) in [5, 5.41) is 13.7. The van der Waals surface area contributed by atoms with Gasteiger partial charge in [-0.05, 0) is 61.5 Å². The van der Waals surface area contributed by atoms with E-state index in [1.165, 1.54) is 25.0 Å². The number of carbonyl (C=O) groups is 1. The molecule has 0 aliphatic carbocycles. The first kappa shape index (κ1) is 16.2. The summed E-state index contributed by atoms with van der Waals surface area (Å²) in [6.45, 7) is 4.93. The van der Waals surface area contributed by atoms with Crippen LogP contribution in [0.25, 0.3) is 0 Å². The Morgan fingerprint density at radius 1 is 1.48 bits per heavy atom. The van der Waals surface area contributed by atoms with Crippen molar-refractivity contribution in [2.75, 3.05) is 19.6 Å². The van der Waals surface area contributed by atoms with Crippen molar-refractivity contribution in [2.45, 2.75) is 25.8 Å². The number of halogens is 1. The Kier molecular flexibility index (Phi) is 5.51. The number of benzene rings is 1. The first-order valence-electron chi connectivity index (χ1n) is 6.94. The number of hydrogen-bond acceptors (Lipinski definition) is 4. The molecule has 21 heavy (non-hydrogen) atoms. The zero-order chi connectivity index (χ0) is 15.4. The summed E-state index contributed by atoms with van der Waals surface area (Å²) in [6, 6.07) is 4.36. The molecule has 1 saturated heterocycles. The molecule has 114 valence electrons. The summed E-state index contributed by atoms with van der Waals surface area (Å²) >= 11 is 2.02. The number of non-ortho nitro benzene ring substituents is 1. The van der Waals surface area contributed by atoms with Crippen molar-refractivity contribution >= 4 is 34.2 Å². The van der Waals surface area contributed by atoms with Crippen molar-refractivity contribution in [3.63, 3.8) is 0 Å². The van der Waals surface area contributed by atoms with E-state index in [-0.39, 0.29) is 17.6 Å². The summed E-state index contributed by atoms with van der Waals surface area (Å²) in [4.78, 5) is 24.9. The highest BCUT2D eigenvalue weighted by Gasteiger charge is 2.19. The van der Waals surface area contributed by atoms with Crippen LogP contribution in [0.2, 0.25) is 0 Å². The summed E-state index contributed by atoms with van der Waals surface area (Å²) in [7, 11) is 0. The Bertz CT molecular complexity index is 544. The van der Waals surface area contributed by atoms with Gasteiger partial charge in [0.15, 0.2) is 0 Å². The molecule has 0 saturated carbocycles. The Morgan fingerprint density at radius 2 is 2.14 bits per heavy atom. The molecule has 1 atom stereocenters. The van der Waals surface area contributed by atoms with E-state index < -0.39 is 4.92 Å². The maximum Gasteiger partial charge on any atom is 0.270 e. The van der Waals surface area contributed by atoms with Crippen molar-refractivity contribution in [2.24, 2.45) is 0 Å². The zero-order valence-electron chi connectivity index (χ0n) is 11.8. The number of nitro benzene ring substituents is 1. The molecule has 1 aromatic rings. The normalized spacial score (nSPS) is 16.7. The Balaban J connectivity index is 2.01. The first-order valence-corrected chi connectivity index (χ1v) is 8.02. The molecule has 0 spiro atoms. The highest BCUT2D eigenvalue weighted by atomic mass is 127. The Hall–Kier alpha value is -1.22. The molecular weight excluding hydrogens is 385 g/mol. The molecule has 1 aromatic carbocycles. The minimum Gasteiger partial charge on any atom is -0.348 e. The maximum absolute atomic E-state index is 12.3. The number of nitrogens with one attached hydrogen (secondary N) is 1. The highest BCUT2D eigenvalue weighted by Crippen LogP contribution is 2.19. The van der Waals surface area contributed by atoms with E-state index in [1.807, 2.05) is 29.5 Å². The molecular formula is C14H18IN3O3. The van der Waals surface area contributed by atoms with Crippen molar-refractivity contribution in [3.8, 4) is 0 Å². The van der Waals surface area contributed by atoms with Gasteiger partial charge in [-0.2, -0.15) is 0 Å². The minimum absolute atomic E-state index is 0.0191. The van der Waals surface area contributed by atoms with Crippen LogP contribution in [0.5, 0.6) is 0 Å². The Morgan fingerprint density at radius 3 is 2.76 bits per heavy atom. The summed E-state index contributed by atoms with van der Waals surface area (Å²) in [5.41, 5.74) is 0.297. The molecule has 7 heteroatoms. The van der Waals surface area contributed by atoms with Gasteiger partial charge in [-0.3, -0.25) is 14.9 Å². The van der Waals surface area contributed by atoms with Gasteiger partial charge in [-0.1, -0.05) is 0 Å². The van der Waals surface area contributed by atoms with Crippen LogP contribution in [0.1, 0.15) is 30.1 Å². The van der Waals surface area contributed by atoms with Gasteiger partial charge in [-0.25, -0.2) is 0 Å². The topological polar surface area (TPSA) is 75.5 Å². The van der Waals surface area contributed by atoms with E-state index in [1.54, 1.807) is 6.07 Å². The van der Waals surface area contributed by atoms with Crippen LogP contribution in [0.3, 0.4) is 0 Å². The van der Waals surface area contributed by atoms with Gasteiger partial charge < -0.3 is 10.2 Å². The van der Waals surface area contributed by atoms with Crippen molar-refractivity contribution in [3.05, 3.63) is 37.4 Å². The second-order valence-corrected chi connectivity index (χ2v) is 6.47. The van der Waals surface area contributed by atoms with Gasteiger partial charge in [0, 0.05) is 28.3 Å². The van der Waals surface area contributed by atoms with Crippen LogP contribution in [0.15, 0.2) is 18.2 Å². The molecule has 1 heterocycles. The fraction of sp³-hybridized carbons (Fsp3) is 0.500. The predicted molar refractivity (Wildman–Crippen MR) is 88.4 cm³/mol. The van der Waals surface area contributed by atoms with E-state index in [2.05, 4.69) is 10.2 Å². The van der Waals surface area contributed by atoms with Crippen LogP contribution in [0.4, 0.5) is 5.69 Å². The lowest BCUT2D eigenvalue weighted by Crippen LogP contribution is -2.41. The second kappa shape index (κ2) is 7.17. The van der Waals surface area contributed by atoms with E-state index in [0.29, 0.717) is 9.13 Å². The fourth-order valence-corrected chi connectivity index (χ4v) is 3.08. The molecule has 1 unspecified atom stereocenters. The van der Waals surface area contributed by atoms with Gasteiger partial charge in [0.05, 0.1) is 10.5 Å². The van der Waals surface area contributed by atoms with E-state index in [0.717, 1.165) is 19.6 Å². The number of amides is 1. The van der Waals surface area contributed by atoms with Crippen molar-refractivity contribution < 1.29 is 9.72 Å². The molecule has 1 amide bonds. The summed E-state index contributed by atoms with van der Waals surface area (Å²) < 4.78 is 0.712. The number of likely N-dealkylation sites (tertiary alicyclic amines) is 1. The third-order valence-electron chi connectivity index (χ3n) is 3.51. The number of carbonyl (C=O) groups excluding carboxylic acids is 1. The van der Waals surface area contributed by atoms with E-state index in [9.17, 15) is 14.9 Å². The van der Waals surface area contributed by atoms with Crippen LogP contribution >= 0.6 is 22.6 Å². The predicted octanol–water partition coefficient (Wildman–Crippen LogP) is 2.41. The first-order chi connectivity index (χ1) is 9.97. The monoisotopic (exact) mass is 403 g/mol. The average Bonchev–Trinajstić information content (AvgIpc) is 2.91. The molecule has 0 bridgehead atoms. The molecule has 6 nitrogen and oxygen atoms in total. The number of hydrogen-bond donors (Lipinski definition) is 1. The zero-order valence-corrected chi connectivity index (χ0v) is 14.0. The SMILES string of the molecule is CC(CN1CCCC1)NC(=O)c1cc([N+](=O)[O-])ccc1I. The Labute approximate surface area is 137 Å². The van der Waals surface area contributed by atoms with Crippen LogP contribution in [-0.2, 0) is 0 Å². The molecule has 1 aliphatic rings. The summed E-state index contributed by atoms with van der Waals surface area (Å²) in [6.07, 6.45) is 2.42.